The average molecular weight is 389 g/mol. The van der Waals surface area contributed by atoms with E-state index in [0.29, 0.717) is 24.0 Å². The van der Waals surface area contributed by atoms with Crippen LogP contribution in [-0.4, -0.2) is 24.1 Å². The van der Waals surface area contributed by atoms with Gasteiger partial charge in [0.25, 0.3) is 0 Å². The maximum atomic E-state index is 13.1. The molecule has 4 rings (SSSR count). The molecule has 3 aliphatic carbocycles. The molecule has 4 heteroatoms. The van der Waals surface area contributed by atoms with Crippen LogP contribution in [-0.2, 0) is 19.1 Å². The van der Waals surface area contributed by atoms with Crippen molar-refractivity contribution in [3.63, 3.8) is 0 Å². The van der Waals surface area contributed by atoms with E-state index in [-0.39, 0.29) is 28.4 Å². The first-order valence-electron chi connectivity index (χ1n) is 11.2. The normalized spacial score (nSPS) is 47.6. The second-order valence-corrected chi connectivity index (χ2v) is 10.7. The molecule has 0 aromatic rings. The van der Waals surface area contributed by atoms with E-state index in [1.807, 2.05) is 6.92 Å². The third kappa shape index (κ3) is 2.55. The lowest BCUT2D eigenvalue weighted by molar-refractivity contribution is -0.214. The number of fused-ring (bicyclic) bond motifs is 3. The Kier molecular flexibility index (Phi) is 4.52. The molecule has 4 nitrogen and oxygen atoms in total. The second kappa shape index (κ2) is 6.34. The minimum absolute atomic E-state index is 0.0104. The number of rotatable bonds is 3. The molecule has 0 N–H and O–H groups in total. The van der Waals surface area contributed by atoms with Gasteiger partial charge in [-0.1, -0.05) is 26.8 Å². The molecule has 156 valence electrons. The van der Waals surface area contributed by atoms with Crippen LogP contribution >= 0.6 is 0 Å². The van der Waals surface area contributed by atoms with Crippen molar-refractivity contribution < 1.29 is 19.1 Å². The first kappa shape index (κ1) is 20.0. The van der Waals surface area contributed by atoms with E-state index < -0.39 is 5.41 Å². The SMILES string of the molecule is C=C1C(=O)O[C@@]2(C)CC[C@@H]3[C@]1(CC[C@H]1[C@@]3(C)CCC[C@@]1(C)C(=O)OCCC)C2. The molecule has 4 fully saturated rings. The van der Waals surface area contributed by atoms with Crippen LogP contribution in [0.25, 0.3) is 0 Å². The largest absolute Gasteiger partial charge is 0.465 e. The van der Waals surface area contributed by atoms with Crippen molar-refractivity contribution in [2.45, 2.75) is 91.1 Å². The smallest absolute Gasteiger partial charge is 0.334 e. The predicted molar refractivity (Wildman–Crippen MR) is 107 cm³/mol. The van der Waals surface area contributed by atoms with Crippen LogP contribution in [0.1, 0.15) is 85.5 Å². The van der Waals surface area contributed by atoms with Gasteiger partial charge in [0.2, 0.25) is 0 Å². The Morgan fingerprint density at radius 3 is 2.57 bits per heavy atom. The summed E-state index contributed by atoms with van der Waals surface area (Å²) in [4.78, 5) is 25.8. The molecule has 6 atom stereocenters. The molecule has 1 spiro atoms. The van der Waals surface area contributed by atoms with Crippen molar-refractivity contribution in [1.29, 1.82) is 0 Å². The van der Waals surface area contributed by atoms with Gasteiger partial charge in [-0.2, -0.15) is 0 Å². The number of hydrogen-bond donors (Lipinski definition) is 0. The van der Waals surface area contributed by atoms with Crippen LogP contribution in [0, 0.1) is 28.1 Å². The highest BCUT2D eigenvalue weighted by atomic mass is 16.6. The monoisotopic (exact) mass is 388 g/mol. The van der Waals surface area contributed by atoms with E-state index in [2.05, 4.69) is 27.4 Å². The molecule has 0 aromatic heterocycles. The zero-order valence-electron chi connectivity index (χ0n) is 18.1. The molecule has 4 aliphatic rings. The molecule has 0 amide bonds. The molecule has 1 aliphatic heterocycles. The van der Waals surface area contributed by atoms with E-state index in [4.69, 9.17) is 9.47 Å². The lowest BCUT2D eigenvalue weighted by Crippen LogP contribution is -2.64. The van der Waals surface area contributed by atoms with Gasteiger partial charge in [-0.3, -0.25) is 4.79 Å². The van der Waals surface area contributed by atoms with E-state index >= 15 is 0 Å². The minimum Gasteiger partial charge on any atom is -0.465 e. The number of hydrogen-bond acceptors (Lipinski definition) is 4. The summed E-state index contributed by atoms with van der Waals surface area (Å²) in [6.07, 6.45) is 8.71. The first-order chi connectivity index (χ1) is 13.1. The van der Waals surface area contributed by atoms with Crippen molar-refractivity contribution in [3.8, 4) is 0 Å². The van der Waals surface area contributed by atoms with E-state index in [1.54, 1.807) is 0 Å². The third-order valence-corrected chi connectivity index (χ3v) is 9.06. The van der Waals surface area contributed by atoms with Gasteiger partial charge in [-0.05, 0) is 82.5 Å². The van der Waals surface area contributed by atoms with Crippen molar-refractivity contribution in [2.75, 3.05) is 6.61 Å². The number of esters is 2. The van der Waals surface area contributed by atoms with Crippen molar-refractivity contribution in [2.24, 2.45) is 28.1 Å². The van der Waals surface area contributed by atoms with Gasteiger partial charge in [0.1, 0.15) is 5.60 Å². The molecule has 28 heavy (non-hydrogen) atoms. The van der Waals surface area contributed by atoms with E-state index in [9.17, 15) is 9.59 Å². The molecule has 0 radical (unpaired) electrons. The van der Waals surface area contributed by atoms with E-state index in [0.717, 1.165) is 57.8 Å². The summed E-state index contributed by atoms with van der Waals surface area (Å²) in [5.74, 6) is 0.500. The Bertz CT molecular complexity index is 713. The molecule has 2 bridgehead atoms. The van der Waals surface area contributed by atoms with Crippen LogP contribution in [0.15, 0.2) is 12.2 Å². The molecular weight excluding hydrogens is 352 g/mol. The van der Waals surface area contributed by atoms with Gasteiger partial charge in [-0.25, -0.2) is 4.79 Å². The number of carbonyl (C=O) groups is 2. The molecule has 1 saturated heterocycles. The Balaban J connectivity index is 1.71. The Morgan fingerprint density at radius 2 is 1.86 bits per heavy atom. The summed E-state index contributed by atoms with van der Waals surface area (Å²) in [7, 11) is 0. The minimum atomic E-state index is -0.416. The Hall–Kier alpha value is -1.32. The van der Waals surface area contributed by atoms with Crippen LogP contribution in [0.3, 0.4) is 0 Å². The number of carbonyl (C=O) groups excluding carboxylic acids is 2. The van der Waals surface area contributed by atoms with Gasteiger partial charge in [0.05, 0.1) is 12.0 Å². The van der Waals surface area contributed by atoms with Gasteiger partial charge >= 0.3 is 11.9 Å². The van der Waals surface area contributed by atoms with E-state index in [1.165, 1.54) is 0 Å². The highest BCUT2D eigenvalue weighted by Gasteiger charge is 2.68. The lowest BCUT2D eigenvalue weighted by Gasteiger charge is -2.67. The quantitative estimate of drug-likeness (QED) is 0.492. The molecule has 3 saturated carbocycles. The summed E-state index contributed by atoms with van der Waals surface area (Å²) >= 11 is 0. The summed E-state index contributed by atoms with van der Waals surface area (Å²) in [5.41, 5.74) is -0.190. The molecule has 1 heterocycles. The van der Waals surface area contributed by atoms with Crippen LogP contribution in [0.2, 0.25) is 0 Å². The third-order valence-electron chi connectivity index (χ3n) is 9.06. The molecule has 0 unspecified atom stereocenters. The van der Waals surface area contributed by atoms with Gasteiger partial charge < -0.3 is 9.47 Å². The highest BCUT2D eigenvalue weighted by Crippen LogP contribution is 2.71. The zero-order chi connectivity index (χ0) is 20.4. The Labute approximate surface area is 169 Å². The molecule has 0 aromatic carbocycles. The van der Waals surface area contributed by atoms with Crippen LogP contribution in [0.4, 0.5) is 0 Å². The predicted octanol–water partition coefficient (Wildman–Crippen LogP) is 5.20. The second-order valence-electron chi connectivity index (χ2n) is 10.7. The van der Waals surface area contributed by atoms with Crippen molar-refractivity contribution in [1.82, 2.24) is 0 Å². The fourth-order valence-electron chi connectivity index (χ4n) is 7.86. The van der Waals surface area contributed by atoms with Gasteiger partial charge in [0, 0.05) is 11.0 Å². The van der Waals surface area contributed by atoms with Gasteiger partial charge in [-0.15, -0.1) is 0 Å². The fraction of sp³-hybridized carbons (Fsp3) is 0.833. The Morgan fingerprint density at radius 1 is 1.14 bits per heavy atom. The first-order valence-corrected chi connectivity index (χ1v) is 11.2. The maximum Gasteiger partial charge on any atom is 0.334 e. The number of ether oxygens (including phenoxy) is 2. The highest BCUT2D eigenvalue weighted by molar-refractivity contribution is 5.91. The standard InChI is InChI=1S/C24H36O4/c1-6-14-27-20(26)23(5)11-7-10-22(4)17(23)9-13-24-15-21(3,12-8-18(22)24)28-19(25)16(24)2/h17-18H,2,6-15H2,1,3-5H3/t17-,18-,21-,22+,23+,24+/m0/s1. The summed E-state index contributed by atoms with van der Waals surface area (Å²) in [6.45, 7) is 13.4. The van der Waals surface area contributed by atoms with Gasteiger partial charge in [0.15, 0.2) is 0 Å². The zero-order valence-corrected chi connectivity index (χ0v) is 18.1. The average Bonchev–Trinajstić information content (AvgIpc) is 2.63. The fourth-order valence-corrected chi connectivity index (χ4v) is 7.86. The maximum absolute atomic E-state index is 13.1. The van der Waals surface area contributed by atoms with Crippen LogP contribution < -0.4 is 0 Å². The molecular formula is C24H36O4. The topological polar surface area (TPSA) is 52.6 Å². The van der Waals surface area contributed by atoms with Crippen molar-refractivity contribution in [3.05, 3.63) is 12.2 Å². The van der Waals surface area contributed by atoms with Crippen LogP contribution in [0.5, 0.6) is 0 Å². The lowest BCUT2D eigenvalue weighted by atomic mass is 9.38. The summed E-state index contributed by atoms with van der Waals surface area (Å²) in [6, 6.07) is 0. The summed E-state index contributed by atoms with van der Waals surface area (Å²) < 4.78 is 11.4. The van der Waals surface area contributed by atoms with Crippen molar-refractivity contribution >= 4 is 11.9 Å². The summed E-state index contributed by atoms with van der Waals surface area (Å²) in [5, 5.41) is 0.